The third-order valence-electron chi connectivity index (χ3n) is 3.03. The molecule has 2 rings (SSSR count). The summed E-state index contributed by atoms with van der Waals surface area (Å²) in [5, 5.41) is 0. The Hall–Kier alpha value is -1.51. The van der Waals surface area contributed by atoms with E-state index in [1.165, 1.54) is 29.7 Å². The molecular weight excluding hydrogens is 270 g/mol. The van der Waals surface area contributed by atoms with E-state index in [0.29, 0.717) is 0 Å². The molecule has 2 heterocycles. The molecule has 2 N–H and O–H groups in total. The Bertz CT molecular complexity index is 575. The number of hydrogen-bond acceptors (Lipinski definition) is 5. The van der Waals surface area contributed by atoms with Gasteiger partial charge < -0.3 is 10.5 Å². The highest BCUT2D eigenvalue weighted by Gasteiger charge is 2.42. The van der Waals surface area contributed by atoms with Crippen molar-refractivity contribution in [2.75, 3.05) is 19.7 Å². The summed E-state index contributed by atoms with van der Waals surface area (Å²) in [5.41, 5.74) is 3.95. The number of nitrogens with zero attached hydrogens (tertiary/aromatic N) is 2. The molecular formula is C11H15N3O4S. The van der Waals surface area contributed by atoms with Crippen LogP contribution in [0.5, 0.6) is 0 Å². The van der Waals surface area contributed by atoms with Gasteiger partial charge in [0.15, 0.2) is 5.60 Å². The Kier molecular flexibility index (Phi) is 3.57. The zero-order valence-electron chi connectivity index (χ0n) is 10.4. The number of primary amides is 1. The van der Waals surface area contributed by atoms with Crippen LogP contribution in [0.15, 0.2) is 29.4 Å². The van der Waals surface area contributed by atoms with Gasteiger partial charge >= 0.3 is 0 Å². The zero-order valence-corrected chi connectivity index (χ0v) is 11.3. The smallest absolute Gasteiger partial charge is 0.250 e. The van der Waals surface area contributed by atoms with Crippen LogP contribution in [-0.4, -0.2) is 48.9 Å². The Morgan fingerprint density at radius 1 is 1.58 bits per heavy atom. The third-order valence-corrected chi connectivity index (χ3v) is 4.86. The minimum absolute atomic E-state index is 0.0868. The highest BCUT2D eigenvalue weighted by Crippen LogP contribution is 2.23. The normalized spacial score (nSPS) is 25.1. The van der Waals surface area contributed by atoms with Gasteiger partial charge in [0.25, 0.3) is 5.91 Å². The van der Waals surface area contributed by atoms with Gasteiger partial charge in [0.1, 0.15) is 4.90 Å². The molecule has 1 aromatic heterocycles. The molecule has 1 aromatic rings. The van der Waals surface area contributed by atoms with Crippen LogP contribution in [0.4, 0.5) is 0 Å². The van der Waals surface area contributed by atoms with Crippen molar-refractivity contribution in [1.29, 1.82) is 0 Å². The molecule has 0 aliphatic carbocycles. The molecule has 1 saturated heterocycles. The second-order valence-corrected chi connectivity index (χ2v) is 6.41. The molecule has 1 atom stereocenters. The maximum atomic E-state index is 12.4. The molecule has 0 radical (unpaired) electrons. The summed E-state index contributed by atoms with van der Waals surface area (Å²) in [7, 11) is -3.68. The second kappa shape index (κ2) is 4.87. The van der Waals surface area contributed by atoms with E-state index in [2.05, 4.69) is 4.98 Å². The molecule has 104 valence electrons. The summed E-state index contributed by atoms with van der Waals surface area (Å²) in [6.45, 7) is 1.69. The van der Waals surface area contributed by atoms with Crippen molar-refractivity contribution in [2.45, 2.75) is 17.4 Å². The van der Waals surface area contributed by atoms with Crippen molar-refractivity contribution >= 4 is 15.9 Å². The van der Waals surface area contributed by atoms with E-state index in [4.69, 9.17) is 10.5 Å². The Morgan fingerprint density at radius 3 is 2.89 bits per heavy atom. The number of ether oxygens (including phenoxy) is 1. The lowest BCUT2D eigenvalue weighted by atomic mass is 10.1. The lowest BCUT2D eigenvalue weighted by Crippen LogP contribution is -2.58. The third kappa shape index (κ3) is 2.60. The minimum atomic E-state index is -3.68. The predicted octanol–water partition coefficient (Wildman–Crippen LogP) is -0.653. The molecule has 0 aromatic carbocycles. The van der Waals surface area contributed by atoms with E-state index < -0.39 is 21.5 Å². The fourth-order valence-electron chi connectivity index (χ4n) is 1.84. The fraction of sp³-hybridized carbons (Fsp3) is 0.455. The Morgan fingerprint density at radius 2 is 2.32 bits per heavy atom. The first-order chi connectivity index (χ1) is 8.86. The van der Waals surface area contributed by atoms with Crippen LogP contribution in [-0.2, 0) is 19.6 Å². The van der Waals surface area contributed by atoms with E-state index in [-0.39, 0.29) is 24.6 Å². The molecule has 1 aliphatic heterocycles. The van der Waals surface area contributed by atoms with Gasteiger partial charge in [0, 0.05) is 18.9 Å². The van der Waals surface area contributed by atoms with E-state index in [9.17, 15) is 13.2 Å². The van der Waals surface area contributed by atoms with Crippen LogP contribution in [0, 0.1) is 0 Å². The van der Waals surface area contributed by atoms with Gasteiger partial charge in [-0.15, -0.1) is 0 Å². The van der Waals surface area contributed by atoms with Gasteiger partial charge in [-0.3, -0.25) is 9.78 Å². The lowest BCUT2D eigenvalue weighted by molar-refractivity contribution is -0.148. The Labute approximate surface area is 111 Å². The number of morpholine rings is 1. The first-order valence-electron chi connectivity index (χ1n) is 5.70. The molecule has 7 nitrogen and oxygen atoms in total. The van der Waals surface area contributed by atoms with Crippen LogP contribution in [0.1, 0.15) is 6.92 Å². The van der Waals surface area contributed by atoms with Gasteiger partial charge in [0.2, 0.25) is 10.0 Å². The Balaban J connectivity index is 2.30. The topological polar surface area (TPSA) is 103 Å². The first kappa shape index (κ1) is 13.9. The van der Waals surface area contributed by atoms with E-state index >= 15 is 0 Å². The maximum absolute atomic E-state index is 12.4. The summed E-state index contributed by atoms with van der Waals surface area (Å²) >= 11 is 0. The monoisotopic (exact) mass is 285 g/mol. The summed E-state index contributed by atoms with van der Waals surface area (Å²) in [4.78, 5) is 15.2. The highest BCUT2D eigenvalue weighted by molar-refractivity contribution is 7.89. The quantitative estimate of drug-likeness (QED) is 0.794. The molecule has 8 heteroatoms. The zero-order chi connectivity index (χ0) is 14.1. The standard InChI is InChI=1S/C11H15N3O4S/c1-11(10(12)15)8-14(5-6-18-11)19(16,17)9-3-2-4-13-7-9/h2-4,7H,5-6,8H2,1H3,(H2,12,15)/t11-/m1/s1. The van der Waals surface area contributed by atoms with Crippen molar-refractivity contribution < 1.29 is 17.9 Å². The van der Waals surface area contributed by atoms with Crippen LogP contribution < -0.4 is 5.73 Å². The van der Waals surface area contributed by atoms with Crippen molar-refractivity contribution in [2.24, 2.45) is 5.73 Å². The van der Waals surface area contributed by atoms with Gasteiger partial charge in [-0.2, -0.15) is 4.31 Å². The summed E-state index contributed by atoms with van der Waals surface area (Å²) in [6.07, 6.45) is 2.76. The number of carbonyl (C=O) groups excluding carboxylic acids is 1. The number of nitrogens with two attached hydrogens (primary N) is 1. The van der Waals surface area contributed by atoms with E-state index in [1.807, 2.05) is 0 Å². The van der Waals surface area contributed by atoms with E-state index in [1.54, 1.807) is 6.07 Å². The van der Waals surface area contributed by atoms with Crippen molar-refractivity contribution in [3.63, 3.8) is 0 Å². The fourth-order valence-corrected chi connectivity index (χ4v) is 3.31. The predicted molar refractivity (Wildman–Crippen MR) is 66.5 cm³/mol. The number of carbonyl (C=O) groups is 1. The highest BCUT2D eigenvalue weighted by atomic mass is 32.2. The lowest BCUT2D eigenvalue weighted by Gasteiger charge is -2.37. The SMILES string of the molecule is C[C@]1(C(N)=O)CN(S(=O)(=O)c2cccnc2)CCO1. The average Bonchev–Trinajstić information content (AvgIpc) is 2.39. The van der Waals surface area contributed by atoms with Crippen molar-refractivity contribution in [3.8, 4) is 0 Å². The summed E-state index contributed by atoms with van der Waals surface area (Å²) in [5.74, 6) is -0.682. The van der Waals surface area contributed by atoms with E-state index in [0.717, 1.165) is 0 Å². The first-order valence-corrected chi connectivity index (χ1v) is 7.14. The molecule has 0 saturated carbocycles. The maximum Gasteiger partial charge on any atom is 0.250 e. The molecule has 0 unspecified atom stereocenters. The van der Waals surface area contributed by atoms with Crippen LogP contribution in [0.2, 0.25) is 0 Å². The van der Waals surface area contributed by atoms with Crippen molar-refractivity contribution in [3.05, 3.63) is 24.5 Å². The summed E-state index contributed by atoms with van der Waals surface area (Å²) in [6, 6.07) is 3.00. The molecule has 0 bridgehead atoms. The summed E-state index contributed by atoms with van der Waals surface area (Å²) < 4.78 is 31.2. The number of rotatable bonds is 3. The molecule has 1 aliphatic rings. The number of amides is 1. The van der Waals surface area contributed by atoms with Crippen molar-refractivity contribution in [1.82, 2.24) is 9.29 Å². The average molecular weight is 285 g/mol. The number of aromatic nitrogens is 1. The second-order valence-electron chi connectivity index (χ2n) is 4.47. The molecule has 1 amide bonds. The largest absolute Gasteiger partial charge is 0.367 e. The molecule has 0 spiro atoms. The van der Waals surface area contributed by atoms with Gasteiger partial charge in [-0.25, -0.2) is 8.42 Å². The van der Waals surface area contributed by atoms with Crippen LogP contribution >= 0.6 is 0 Å². The number of hydrogen-bond donors (Lipinski definition) is 1. The van der Waals surface area contributed by atoms with Gasteiger partial charge in [-0.1, -0.05) is 0 Å². The minimum Gasteiger partial charge on any atom is -0.367 e. The number of pyridine rings is 1. The van der Waals surface area contributed by atoms with Crippen LogP contribution in [0.25, 0.3) is 0 Å². The van der Waals surface area contributed by atoms with Gasteiger partial charge in [0.05, 0.1) is 13.2 Å². The van der Waals surface area contributed by atoms with Crippen LogP contribution in [0.3, 0.4) is 0 Å². The molecule has 1 fully saturated rings. The van der Waals surface area contributed by atoms with Gasteiger partial charge in [-0.05, 0) is 19.1 Å². The molecule has 19 heavy (non-hydrogen) atoms. The number of sulfonamides is 1.